The Morgan fingerprint density at radius 3 is 2.61 bits per heavy atom. The molecule has 31 heavy (non-hydrogen) atoms. The highest BCUT2D eigenvalue weighted by Gasteiger charge is 2.36. The number of pyridine rings is 1. The van der Waals surface area contributed by atoms with Gasteiger partial charge in [-0.05, 0) is 38.4 Å². The van der Waals surface area contributed by atoms with E-state index >= 15 is 0 Å². The van der Waals surface area contributed by atoms with E-state index in [0.29, 0.717) is 23.4 Å². The number of benzene rings is 1. The van der Waals surface area contributed by atoms with E-state index in [1.165, 1.54) is 4.57 Å². The molecule has 1 unspecified atom stereocenters. The van der Waals surface area contributed by atoms with Crippen molar-refractivity contribution in [3.05, 3.63) is 63.7 Å². The second kappa shape index (κ2) is 8.30. The third-order valence-corrected chi connectivity index (χ3v) is 5.76. The number of hydrogen-bond donors (Lipinski definition) is 1. The Labute approximate surface area is 177 Å². The van der Waals surface area contributed by atoms with Crippen LogP contribution >= 0.6 is 0 Å². The summed E-state index contributed by atoms with van der Waals surface area (Å²) in [5.74, 6) is 0.520. The Morgan fingerprint density at radius 2 is 1.94 bits per heavy atom. The Bertz CT molecular complexity index is 1140. The molecule has 1 aliphatic rings. The second-order valence-electron chi connectivity index (χ2n) is 7.95. The van der Waals surface area contributed by atoms with Crippen LogP contribution in [0.15, 0.2) is 41.5 Å². The molecular formula is C22H24F3N5O. The summed E-state index contributed by atoms with van der Waals surface area (Å²) in [7, 11) is 1.74. The lowest BCUT2D eigenvalue weighted by Crippen LogP contribution is -2.35. The van der Waals surface area contributed by atoms with Crippen LogP contribution in [-0.2, 0) is 19.3 Å². The maximum absolute atomic E-state index is 13.8. The Balaban J connectivity index is 1.69. The molecule has 1 aliphatic heterocycles. The molecule has 0 amide bonds. The molecule has 1 atom stereocenters. The van der Waals surface area contributed by atoms with Crippen LogP contribution in [0.3, 0.4) is 0 Å². The summed E-state index contributed by atoms with van der Waals surface area (Å²) < 4.78 is 42.8. The number of rotatable bonds is 5. The lowest BCUT2D eigenvalue weighted by Gasteiger charge is -2.28. The fourth-order valence-electron chi connectivity index (χ4n) is 4.24. The van der Waals surface area contributed by atoms with E-state index in [0.717, 1.165) is 36.6 Å². The molecule has 9 heteroatoms. The summed E-state index contributed by atoms with van der Waals surface area (Å²) in [5.41, 5.74) is 0.555. The minimum atomic E-state index is -4.61. The van der Waals surface area contributed by atoms with Gasteiger partial charge in [0.2, 0.25) is 5.95 Å². The number of aromatic nitrogens is 3. The van der Waals surface area contributed by atoms with Crippen molar-refractivity contribution in [2.24, 2.45) is 0 Å². The summed E-state index contributed by atoms with van der Waals surface area (Å²) >= 11 is 0. The highest BCUT2D eigenvalue weighted by atomic mass is 19.4. The molecule has 0 radical (unpaired) electrons. The molecule has 0 saturated carbocycles. The second-order valence-corrected chi connectivity index (χ2v) is 7.95. The molecule has 1 aromatic carbocycles. The molecular weight excluding hydrogens is 407 g/mol. The molecule has 3 aromatic rings. The zero-order valence-corrected chi connectivity index (χ0v) is 17.4. The summed E-state index contributed by atoms with van der Waals surface area (Å²) in [6, 6.07) is 5.65. The molecule has 0 aliphatic carbocycles. The third kappa shape index (κ3) is 4.41. The van der Waals surface area contributed by atoms with Gasteiger partial charge in [0.25, 0.3) is 0 Å². The first kappa shape index (κ1) is 21.3. The standard InChI is InChI=1S/C22H24F3N5O/c1-14-5-6-18-17(8-14)19(31)9-20(22(23,24)25)30(18)13-16-4-3-7-29(16)12-15-10-27-21(26-2)28-11-15/h5-6,8-11,16H,3-4,7,12-13H2,1-2H3,(H,26,27,28). The lowest BCUT2D eigenvalue weighted by molar-refractivity contribution is -0.144. The predicted molar refractivity (Wildman–Crippen MR) is 113 cm³/mol. The average Bonchev–Trinajstić information content (AvgIpc) is 3.16. The van der Waals surface area contributed by atoms with E-state index in [4.69, 9.17) is 0 Å². The van der Waals surface area contributed by atoms with Crippen molar-refractivity contribution >= 4 is 16.9 Å². The molecule has 4 rings (SSSR count). The smallest absolute Gasteiger partial charge is 0.357 e. The molecule has 6 nitrogen and oxygen atoms in total. The SMILES string of the molecule is CNc1ncc(CN2CCCC2Cn2c(C(F)(F)F)cc(=O)c3cc(C)ccc32)cn1. The lowest BCUT2D eigenvalue weighted by atomic mass is 10.1. The van der Waals surface area contributed by atoms with Crippen LogP contribution in [0.4, 0.5) is 19.1 Å². The maximum Gasteiger partial charge on any atom is 0.431 e. The van der Waals surface area contributed by atoms with Gasteiger partial charge in [0.05, 0.1) is 5.52 Å². The van der Waals surface area contributed by atoms with Gasteiger partial charge in [0, 0.05) is 55.6 Å². The van der Waals surface area contributed by atoms with E-state index in [9.17, 15) is 18.0 Å². The predicted octanol–water partition coefficient (Wildman–Crippen LogP) is 3.83. The van der Waals surface area contributed by atoms with Gasteiger partial charge in [-0.2, -0.15) is 13.2 Å². The van der Waals surface area contributed by atoms with Crippen molar-refractivity contribution in [1.82, 2.24) is 19.4 Å². The van der Waals surface area contributed by atoms with Crippen LogP contribution in [0.25, 0.3) is 10.9 Å². The molecule has 3 heterocycles. The van der Waals surface area contributed by atoms with Gasteiger partial charge < -0.3 is 9.88 Å². The van der Waals surface area contributed by atoms with E-state index in [1.54, 1.807) is 37.6 Å². The number of aryl methyl sites for hydroxylation is 1. The van der Waals surface area contributed by atoms with Crippen molar-refractivity contribution in [1.29, 1.82) is 0 Å². The maximum atomic E-state index is 13.8. The third-order valence-electron chi connectivity index (χ3n) is 5.76. The number of fused-ring (bicyclic) bond motifs is 1. The van der Waals surface area contributed by atoms with Gasteiger partial charge in [-0.25, -0.2) is 9.97 Å². The van der Waals surface area contributed by atoms with Crippen LogP contribution in [-0.4, -0.2) is 39.1 Å². The molecule has 0 bridgehead atoms. The first-order valence-corrected chi connectivity index (χ1v) is 10.2. The van der Waals surface area contributed by atoms with E-state index in [-0.39, 0.29) is 12.6 Å². The summed E-state index contributed by atoms with van der Waals surface area (Å²) in [5, 5.41) is 3.18. The van der Waals surface area contributed by atoms with Crippen LogP contribution < -0.4 is 10.7 Å². The van der Waals surface area contributed by atoms with E-state index in [1.807, 2.05) is 6.92 Å². The zero-order chi connectivity index (χ0) is 22.2. The van der Waals surface area contributed by atoms with Gasteiger partial charge >= 0.3 is 6.18 Å². The van der Waals surface area contributed by atoms with Crippen LogP contribution in [0.5, 0.6) is 0 Å². The summed E-state index contributed by atoms with van der Waals surface area (Å²) in [6.07, 6.45) is 0.531. The molecule has 1 saturated heterocycles. The number of alkyl halides is 3. The molecule has 164 valence electrons. The van der Waals surface area contributed by atoms with Gasteiger partial charge in [0.1, 0.15) is 5.69 Å². The zero-order valence-electron chi connectivity index (χ0n) is 17.4. The van der Waals surface area contributed by atoms with Crippen LogP contribution in [0.1, 0.15) is 29.7 Å². The van der Waals surface area contributed by atoms with Gasteiger partial charge in [-0.3, -0.25) is 9.69 Å². The van der Waals surface area contributed by atoms with Gasteiger partial charge in [-0.15, -0.1) is 0 Å². The number of nitrogens with one attached hydrogen (secondary N) is 1. The first-order chi connectivity index (χ1) is 14.8. The van der Waals surface area contributed by atoms with E-state index < -0.39 is 17.3 Å². The molecule has 0 spiro atoms. The van der Waals surface area contributed by atoms with Gasteiger partial charge in [0.15, 0.2) is 5.43 Å². The highest BCUT2D eigenvalue weighted by Crippen LogP contribution is 2.32. The van der Waals surface area contributed by atoms with Crippen molar-refractivity contribution in [2.75, 3.05) is 18.9 Å². The van der Waals surface area contributed by atoms with Crippen molar-refractivity contribution in [3.8, 4) is 0 Å². The number of nitrogens with zero attached hydrogens (tertiary/aromatic N) is 4. The minimum Gasteiger partial charge on any atom is -0.357 e. The number of likely N-dealkylation sites (tertiary alicyclic amines) is 1. The Morgan fingerprint density at radius 1 is 1.19 bits per heavy atom. The quantitative estimate of drug-likeness (QED) is 0.665. The van der Waals surface area contributed by atoms with Crippen molar-refractivity contribution < 1.29 is 13.2 Å². The highest BCUT2D eigenvalue weighted by molar-refractivity contribution is 5.80. The Kier molecular flexibility index (Phi) is 5.70. The monoisotopic (exact) mass is 431 g/mol. The van der Waals surface area contributed by atoms with Crippen LogP contribution in [0, 0.1) is 6.92 Å². The molecule has 1 N–H and O–H groups in total. The largest absolute Gasteiger partial charge is 0.431 e. The molecule has 1 fully saturated rings. The topological polar surface area (TPSA) is 63.1 Å². The fourth-order valence-corrected chi connectivity index (χ4v) is 4.24. The van der Waals surface area contributed by atoms with Crippen molar-refractivity contribution in [3.63, 3.8) is 0 Å². The normalized spacial score (nSPS) is 17.4. The minimum absolute atomic E-state index is 0.0860. The number of hydrogen-bond acceptors (Lipinski definition) is 5. The number of anilines is 1. The Hall–Kier alpha value is -2.94. The summed E-state index contributed by atoms with van der Waals surface area (Å²) in [6.45, 7) is 3.33. The first-order valence-electron chi connectivity index (χ1n) is 10.2. The van der Waals surface area contributed by atoms with Crippen LogP contribution in [0.2, 0.25) is 0 Å². The van der Waals surface area contributed by atoms with Gasteiger partial charge in [-0.1, -0.05) is 11.6 Å². The fraction of sp³-hybridized carbons (Fsp3) is 0.409. The average molecular weight is 431 g/mol. The summed E-state index contributed by atoms with van der Waals surface area (Å²) in [4.78, 5) is 23.0. The number of halogens is 3. The van der Waals surface area contributed by atoms with E-state index in [2.05, 4.69) is 20.2 Å². The molecule has 2 aromatic heterocycles. The van der Waals surface area contributed by atoms with Crippen molar-refractivity contribution in [2.45, 2.75) is 45.1 Å².